The van der Waals surface area contributed by atoms with Gasteiger partial charge >= 0.3 is 6.03 Å². The van der Waals surface area contributed by atoms with Crippen molar-refractivity contribution in [1.82, 2.24) is 10.2 Å². The number of nitrogens with zero attached hydrogens (tertiary/aromatic N) is 1. The van der Waals surface area contributed by atoms with Crippen LogP contribution in [0.25, 0.3) is 0 Å². The Balaban J connectivity index is 2.02. The summed E-state index contributed by atoms with van der Waals surface area (Å²) in [6.45, 7) is 2.70. The van der Waals surface area contributed by atoms with E-state index in [0.717, 1.165) is 5.56 Å². The highest BCUT2D eigenvalue weighted by molar-refractivity contribution is 5.93. The van der Waals surface area contributed by atoms with Gasteiger partial charge in [-0.2, -0.15) is 0 Å². The summed E-state index contributed by atoms with van der Waals surface area (Å²) in [4.78, 5) is 24.6. The Morgan fingerprint density at radius 2 is 2.32 bits per heavy atom. The van der Waals surface area contributed by atoms with E-state index in [1.807, 2.05) is 0 Å². The van der Waals surface area contributed by atoms with E-state index in [-0.39, 0.29) is 18.5 Å². The second-order valence-corrected chi connectivity index (χ2v) is 4.50. The topological polar surface area (TPSA) is 81.7 Å². The van der Waals surface area contributed by atoms with Gasteiger partial charge in [-0.05, 0) is 24.6 Å². The van der Waals surface area contributed by atoms with E-state index >= 15 is 0 Å². The van der Waals surface area contributed by atoms with Crippen LogP contribution in [0.3, 0.4) is 0 Å². The quantitative estimate of drug-likeness (QED) is 0.734. The van der Waals surface area contributed by atoms with Gasteiger partial charge in [-0.15, -0.1) is 0 Å². The molecule has 2 rings (SSSR count). The number of aliphatic hydroxyl groups excluding tert-OH is 1. The molecule has 1 atom stereocenters. The molecule has 6 nitrogen and oxygen atoms in total. The van der Waals surface area contributed by atoms with Gasteiger partial charge in [-0.1, -0.05) is 12.1 Å². The Kier molecular flexibility index (Phi) is 4.01. The van der Waals surface area contributed by atoms with E-state index in [4.69, 9.17) is 0 Å². The molecule has 19 heavy (non-hydrogen) atoms. The van der Waals surface area contributed by atoms with Gasteiger partial charge in [0.05, 0.1) is 6.10 Å². The summed E-state index contributed by atoms with van der Waals surface area (Å²) in [5.74, 6) is -0.154. The molecule has 1 unspecified atom stereocenters. The van der Waals surface area contributed by atoms with E-state index < -0.39 is 6.10 Å². The average Bonchev–Trinajstić information content (AvgIpc) is 2.39. The van der Waals surface area contributed by atoms with Crippen LogP contribution in [0, 0.1) is 0 Å². The minimum Gasteiger partial charge on any atom is -0.389 e. The van der Waals surface area contributed by atoms with Crippen LogP contribution in [0.15, 0.2) is 24.3 Å². The maximum Gasteiger partial charge on any atom is 0.322 e. The zero-order valence-electron chi connectivity index (χ0n) is 10.7. The van der Waals surface area contributed by atoms with Crippen molar-refractivity contribution in [2.75, 3.05) is 25.0 Å². The second-order valence-electron chi connectivity index (χ2n) is 4.50. The number of urea groups is 1. The van der Waals surface area contributed by atoms with Gasteiger partial charge in [0, 0.05) is 18.8 Å². The Labute approximate surface area is 111 Å². The van der Waals surface area contributed by atoms with E-state index in [1.165, 1.54) is 4.90 Å². The lowest BCUT2D eigenvalue weighted by atomic mass is 10.1. The summed E-state index contributed by atoms with van der Waals surface area (Å²) in [6, 6.07) is 6.70. The van der Waals surface area contributed by atoms with Crippen LogP contribution in [0.1, 0.15) is 18.6 Å². The maximum absolute atomic E-state index is 12.0. The van der Waals surface area contributed by atoms with Crippen LogP contribution in [-0.2, 0) is 4.79 Å². The van der Waals surface area contributed by atoms with Gasteiger partial charge in [0.25, 0.3) is 0 Å². The maximum atomic E-state index is 12.0. The zero-order chi connectivity index (χ0) is 13.8. The molecule has 3 N–H and O–H groups in total. The lowest BCUT2D eigenvalue weighted by Gasteiger charge is -2.26. The molecule has 1 aromatic carbocycles. The first-order valence-corrected chi connectivity index (χ1v) is 6.17. The molecule has 3 amide bonds. The number of amides is 3. The Morgan fingerprint density at radius 3 is 3.00 bits per heavy atom. The van der Waals surface area contributed by atoms with Gasteiger partial charge < -0.3 is 20.6 Å². The molecular formula is C13H17N3O3. The number of aliphatic hydroxyl groups is 1. The zero-order valence-corrected chi connectivity index (χ0v) is 10.7. The monoisotopic (exact) mass is 263 g/mol. The predicted molar refractivity (Wildman–Crippen MR) is 70.7 cm³/mol. The summed E-state index contributed by atoms with van der Waals surface area (Å²) >= 11 is 0. The minimum absolute atomic E-state index is 0.0714. The number of rotatable bonds is 2. The molecule has 1 aliphatic heterocycles. The number of carbonyl (C=O) groups excluding carboxylic acids is 2. The Bertz CT molecular complexity index is 488. The van der Waals surface area contributed by atoms with E-state index in [9.17, 15) is 14.7 Å². The van der Waals surface area contributed by atoms with Crippen LogP contribution in [0.2, 0.25) is 0 Å². The molecule has 0 radical (unpaired) electrons. The van der Waals surface area contributed by atoms with Gasteiger partial charge in [0.1, 0.15) is 6.54 Å². The Morgan fingerprint density at radius 1 is 1.53 bits per heavy atom. The normalized spacial score (nSPS) is 16.7. The molecule has 1 saturated heterocycles. The fraction of sp³-hybridized carbons (Fsp3) is 0.385. The fourth-order valence-electron chi connectivity index (χ4n) is 1.89. The highest BCUT2D eigenvalue weighted by Crippen LogP contribution is 2.17. The SMILES string of the molecule is CC(O)c1cccc(NC(=O)N2CCNC(=O)C2)c1. The summed E-state index contributed by atoms with van der Waals surface area (Å²) < 4.78 is 0. The highest BCUT2D eigenvalue weighted by Gasteiger charge is 2.21. The van der Waals surface area contributed by atoms with Crippen molar-refractivity contribution >= 4 is 17.6 Å². The molecule has 6 heteroatoms. The standard InChI is InChI=1S/C13H17N3O3/c1-9(17)10-3-2-4-11(7-10)15-13(19)16-6-5-14-12(18)8-16/h2-4,7,9,17H,5-6,8H2,1H3,(H,14,18)(H,15,19). The van der Waals surface area contributed by atoms with Crippen molar-refractivity contribution in [1.29, 1.82) is 0 Å². The summed E-state index contributed by atoms with van der Waals surface area (Å²) in [6.07, 6.45) is -0.586. The number of anilines is 1. The number of carbonyl (C=O) groups is 2. The number of hydrogen-bond donors (Lipinski definition) is 3. The van der Waals surface area contributed by atoms with Crippen LogP contribution in [0.4, 0.5) is 10.5 Å². The van der Waals surface area contributed by atoms with Crippen LogP contribution in [-0.4, -0.2) is 41.6 Å². The molecule has 0 bridgehead atoms. The van der Waals surface area contributed by atoms with Crippen molar-refractivity contribution in [2.24, 2.45) is 0 Å². The van der Waals surface area contributed by atoms with Gasteiger partial charge in [0.2, 0.25) is 5.91 Å². The van der Waals surface area contributed by atoms with Gasteiger partial charge in [-0.3, -0.25) is 4.79 Å². The third-order valence-electron chi connectivity index (χ3n) is 2.95. The van der Waals surface area contributed by atoms with Gasteiger partial charge in [0.15, 0.2) is 0 Å². The molecule has 1 aromatic rings. The first kappa shape index (κ1) is 13.4. The molecule has 0 aliphatic carbocycles. The molecule has 1 fully saturated rings. The number of piperazine rings is 1. The fourth-order valence-corrected chi connectivity index (χ4v) is 1.89. The van der Waals surface area contributed by atoms with Crippen molar-refractivity contribution in [3.8, 4) is 0 Å². The van der Waals surface area contributed by atoms with E-state index in [2.05, 4.69) is 10.6 Å². The van der Waals surface area contributed by atoms with E-state index in [1.54, 1.807) is 31.2 Å². The predicted octanol–water partition coefficient (Wildman–Crippen LogP) is 0.704. The molecule has 1 aliphatic rings. The van der Waals surface area contributed by atoms with Crippen LogP contribution >= 0.6 is 0 Å². The lowest BCUT2D eigenvalue weighted by molar-refractivity contribution is -0.123. The average molecular weight is 263 g/mol. The van der Waals surface area contributed by atoms with Crippen molar-refractivity contribution < 1.29 is 14.7 Å². The van der Waals surface area contributed by atoms with Crippen molar-refractivity contribution in [2.45, 2.75) is 13.0 Å². The largest absolute Gasteiger partial charge is 0.389 e. The molecule has 0 saturated carbocycles. The summed E-state index contributed by atoms with van der Waals surface area (Å²) in [5, 5.41) is 14.9. The third kappa shape index (κ3) is 3.45. The molecule has 1 heterocycles. The van der Waals surface area contributed by atoms with Crippen molar-refractivity contribution in [3.05, 3.63) is 29.8 Å². The van der Waals surface area contributed by atoms with Gasteiger partial charge in [-0.25, -0.2) is 4.79 Å². The molecule has 102 valence electrons. The van der Waals surface area contributed by atoms with Crippen LogP contribution in [0.5, 0.6) is 0 Å². The van der Waals surface area contributed by atoms with Crippen LogP contribution < -0.4 is 10.6 Å². The molecule has 0 spiro atoms. The molecule has 0 aromatic heterocycles. The van der Waals surface area contributed by atoms with E-state index in [0.29, 0.717) is 18.8 Å². The number of benzene rings is 1. The second kappa shape index (κ2) is 5.71. The van der Waals surface area contributed by atoms with Crippen molar-refractivity contribution in [3.63, 3.8) is 0 Å². The Hall–Kier alpha value is -2.08. The lowest BCUT2D eigenvalue weighted by Crippen LogP contribution is -2.51. The number of hydrogen-bond acceptors (Lipinski definition) is 3. The first-order chi connectivity index (χ1) is 9.06. The number of nitrogens with one attached hydrogen (secondary N) is 2. The first-order valence-electron chi connectivity index (χ1n) is 6.17. The highest BCUT2D eigenvalue weighted by atomic mass is 16.3. The summed E-state index contributed by atoms with van der Waals surface area (Å²) in [5.41, 5.74) is 1.34. The molecular weight excluding hydrogens is 246 g/mol. The summed E-state index contributed by atoms with van der Waals surface area (Å²) in [7, 11) is 0. The minimum atomic E-state index is -0.586. The smallest absolute Gasteiger partial charge is 0.322 e. The third-order valence-corrected chi connectivity index (χ3v) is 2.95.